The van der Waals surface area contributed by atoms with E-state index >= 15 is 0 Å². The first-order valence-corrected chi connectivity index (χ1v) is 10.3. The van der Waals surface area contributed by atoms with Gasteiger partial charge < -0.3 is 9.64 Å². The number of carbonyl (C=O) groups is 3. The van der Waals surface area contributed by atoms with Crippen LogP contribution in [0, 0.1) is 17.3 Å². The zero-order valence-electron chi connectivity index (χ0n) is 17.4. The van der Waals surface area contributed by atoms with Gasteiger partial charge in [0.2, 0.25) is 0 Å². The normalized spacial score (nSPS) is 30.4. The summed E-state index contributed by atoms with van der Waals surface area (Å²) in [4.78, 5) is 40.5. The molecule has 5 nitrogen and oxygen atoms in total. The second kappa shape index (κ2) is 8.57. The Morgan fingerprint density at radius 1 is 1.26 bits per heavy atom. The van der Waals surface area contributed by atoms with Gasteiger partial charge in [-0.1, -0.05) is 13.0 Å². The Hall–Kier alpha value is -1.65. The minimum atomic E-state index is -0.884. The summed E-state index contributed by atoms with van der Waals surface area (Å²) in [5.74, 6) is 0.514. The van der Waals surface area contributed by atoms with E-state index in [4.69, 9.17) is 4.74 Å². The van der Waals surface area contributed by atoms with Gasteiger partial charge in [0, 0.05) is 25.9 Å². The zero-order chi connectivity index (χ0) is 20.2. The number of nitrogens with zero attached hydrogens (tertiary/aromatic N) is 1. The van der Waals surface area contributed by atoms with E-state index in [0.717, 1.165) is 6.42 Å². The molecule has 1 saturated carbocycles. The van der Waals surface area contributed by atoms with Crippen LogP contribution in [0.25, 0.3) is 0 Å². The number of allylic oxidation sites excluding steroid dienone is 1. The first-order chi connectivity index (χ1) is 12.6. The molecule has 1 aliphatic heterocycles. The summed E-state index contributed by atoms with van der Waals surface area (Å²) in [5.41, 5.74) is -1.43. The molecular weight excluding hydrogens is 342 g/mol. The molecule has 0 bridgehead atoms. The first kappa shape index (κ1) is 21.6. The monoisotopic (exact) mass is 377 g/mol. The van der Waals surface area contributed by atoms with Crippen molar-refractivity contribution in [3.05, 3.63) is 12.7 Å². The Bertz CT molecular complexity index is 592. The van der Waals surface area contributed by atoms with Crippen molar-refractivity contribution < 1.29 is 19.1 Å². The van der Waals surface area contributed by atoms with E-state index in [-0.39, 0.29) is 23.6 Å². The fraction of sp³-hybridized carbons (Fsp3) is 0.773. The Kier molecular flexibility index (Phi) is 6.87. The van der Waals surface area contributed by atoms with Crippen LogP contribution >= 0.6 is 0 Å². The van der Waals surface area contributed by atoms with Gasteiger partial charge in [-0.15, -0.1) is 6.58 Å². The molecule has 5 heteroatoms. The lowest BCUT2D eigenvalue weighted by Gasteiger charge is -2.43. The van der Waals surface area contributed by atoms with Gasteiger partial charge in [-0.3, -0.25) is 9.59 Å². The molecule has 1 amide bonds. The molecule has 2 unspecified atom stereocenters. The number of hydrogen-bond acceptors (Lipinski definition) is 4. The SMILES string of the molecule is C=CC[C@@H]1CC(C)CC(=O)C12CCCN(C(=O)OC(C)(C)C)CCCC2=O. The third-order valence-corrected chi connectivity index (χ3v) is 5.85. The fourth-order valence-electron chi connectivity index (χ4n) is 4.68. The Morgan fingerprint density at radius 3 is 2.56 bits per heavy atom. The van der Waals surface area contributed by atoms with Crippen molar-refractivity contribution in [2.75, 3.05) is 13.1 Å². The highest BCUT2D eigenvalue weighted by atomic mass is 16.6. The highest BCUT2D eigenvalue weighted by Gasteiger charge is 2.52. The lowest BCUT2D eigenvalue weighted by molar-refractivity contribution is -0.150. The highest BCUT2D eigenvalue weighted by molar-refractivity contribution is 6.08. The van der Waals surface area contributed by atoms with E-state index in [2.05, 4.69) is 13.5 Å². The van der Waals surface area contributed by atoms with E-state index in [1.165, 1.54) is 0 Å². The number of rotatable bonds is 2. The van der Waals surface area contributed by atoms with Crippen LogP contribution in [0.3, 0.4) is 0 Å². The molecule has 2 fully saturated rings. The second-order valence-corrected chi connectivity index (χ2v) is 9.26. The van der Waals surface area contributed by atoms with Gasteiger partial charge in [0.1, 0.15) is 17.2 Å². The topological polar surface area (TPSA) is 63.7 Å². The number of amides is 1. The smallest absolute Gasteiger partial charge is 0.410 e. The molecule has 152 valence electrons. The minimum Gasteiger partial charge on any atom is -0.444 e. The summed E-state index contributed by atoms with van der Waals surface area (Å²) in [6.45, 7) is 12.5. The molecule has 27 heavy (non-hydrogen) atoms. The predicted octanol–water partition coefficient (Wildman–Crippen LogP) is 4.54. The molecule has 1 spiro atoms. The molecule has 3 atom stereocenters. The van der Waals surface area contributed by atoms with Crippen LogP contribution < -0.4 is 0 Å². The molecule has 0 aromatic heterocycles. The lowest BCUT2D eigenvalue weighted by Crippen LogP contribution is -2.50. The molecule has 0 aromatic carbocycles. The first-order valence-electron chi connectivity index (χ1n) is 10.3. The number of ketones is 2. The van der Waals surface area contributed by atoms with Crippen molar-refractivity contribution >= 4 is 17.7 Å². The average Bonchev–Trinajstić information content (AvgIpc) is 2.61. The molecule has 0 aromatic rings. The molecular formula is C22H35NO4. The second-order valence-electron chi connectivity index (χ2n) is 9.26. The summed E-state index contributed by atoms with van der Waals surface area (Å²) in [5, 5.41) is 0. The quantitative estimate of drug-likeness (QED) is 0.523. The number of ether oxygens (including phenoxy) is 1. The largest absolute Gasteiger partial charge is 0.444 e. The standard InChI is InChI=1S/C22H35NO4/c1-6-9-17-14-16(2)15-19(25)22(17)11-8-13-23(12-7-10-18(22)24)20(26)27-21(3,4)5/h6,16-17H,1,7-15H2,2-5H3/t16?,17-,22?/m1/s1. The number of Topliss-reactive ketones (excluding diaryl/α,β-unsaturated/α-hetero) is 2. The van der Waals surface area contributed by atoms with Gasteiger partial charge in [-0.05, 0) is 64.7 Å². The van der Waals surface area contributed by atoms with Crippen LogP contribution in [0.2, 0.25) is 0 Å². The van der Waals surface area contributed by atoms with Crippen molar-refractivity contribution in [1.29, 1.82) is 0 Å². The summed E-state index contributed by atoms with van der Waals surface area (Å²) in [6.07, 6.45) is 5.64. The average molecular weight is 378 g/mol. The molecule has 0 radical (unpaired) electrons. The number of hydrogen-bond donors (Lipinski definition) is 0. The molecule has 2 aliphatic rings. The van der Waals surface area contributed by atoms with Crippen LogP contribution in [-0.2, 0) is 14.3 Å². The van der Waals surface area contributed by atoms with Gasteiger partial charge in [0.25, 0.3) is 0 Å². The summed E-state index contributed by atoms with van der Waals surface area (Å²) < 4.78 is 5.49. The molecule has 1 aliphatic carbocycles. The third-order valence-electron chi connectivity index (χ3n) is 5.85. The van der Waals surface area contributed by atoms with E-state index in [9.17, 15) is 14.4 Å². The van der Waals surface area contributed by atoms with Gasteiger partial charge in [-0.25, -0.2) is 4.79 Å². The predicted molar refractivity (Wildman–Crippen MR) is 105 cm³/mol. The van der Waals surface area contributed by atoms with Crippen LogP contribution in [0.4, 0.5) is 4.79 Å². The third kappa shape index (κ3) is 4.99. The van der Waals surface area contributed by atoms with Crippen LogP contribution in [-0.4, -0.2) is 41.3 Å². The Morgan fingerprint density at radius 2 is 1.93 bits per heavy atom. The summed E-state index contributed by atoms with van der Waals surface area (Å²) in [7, 11) is 0. The van der Waals surface area contributed by atoms with Crippen molar-refractivity contribution in [2.24, 2.45) is 17.3 Å². The summed E-state index contributed by atoms with van der Waals surface area (Å²) >= 11 is 0. The van der Waals surface area contributed by atoms with E-state index < -0.39 is 11.0 Å². The van der Waals surface area contributed by atoms with Crippen LogP contribution in [0.5, 0.6) is 0 Å². The zero-order valence-corrected chi connectivity index (χ0v) is 17.4. The van der Waals surface area contributed by atoms with Crippen LogP contribution in [0.1, 0.15) is 72.6 Å². The van der Waals surface area contributed by atoms with E-state index in [1.807, 2.05) is 26.8 Å². The maximum Gasteiger partial charge on any atom is 0.410 e. The van der Waals surface area contributed by atoms with Crippen LogP contribution in [0.15, 0.2) is 12.7 Å². The maximum atomic E-state index is 13.2. The van der Waals surface area contributed by atoms with Crippen molar-refractivity contribution in [2.45, 2.75) is 78.2 Å². The number of carbonyl (C=O) groups excluding carboxylic acids is 3. The van der Waals surface area contributed by atoms with Gasteiger partial charge in [0.15, 0.2) is 0 Å². The Labute approximate surface area is 163 Å². The summed E-state index contributed by atoms with van der Waals surface area (Å²) in [6, 6.07) is 0. The molecule has 2 rings (SSSR count). The fourth-order valence-corrected chi connectivity index (χ4v) is 4.68. The van der Waals surface area contributed by atoms with Gasteiger partial charge in [-0.2, -0.15) is 0 Å². The highest BCUT2D eigenvalue weighted by Crippen LogP contribution is 2.48. The van der Waals surface area contributed by atoms with Crippen molar-refractivity contribution in [1.82, 2.24) is 4.90 Å². The van der Waals surface area contributed by atoms with Crippen molar-refractivity contribution in [3.63, 3.8) is 0 Å². The van der Waals surface area contributed by atoms with E-state index in [0.29, 0.717) is 57.5 Å². The Balaban J connectivity index is 2.21. The lowest BCUT2D eigenvalue weighted by atomic mass is 9.57. The van der Waals surface area contributed by atoms with E-state index in [1.54, 1.807) is 4.90 Å². The molecule has 1 saturated heterocycles. The molecule has 1 heterocycles. The minimum absolute atomic E-state index is 0.0341. The van der Waals surface area contributed by atoms with Crippen molar-refractivity contribution in [3.8, 4) is 0 Å². The van der Waals surface area contributed by atoms with Gasteiger partial charge >= 0.3 is 6.09 Å². The molecule has 0 N–H and O–H groups in total. The maximum absolute atomic E-state index is 13.2. The van der Waals surface area contributed by atoms with Gasteiger partial charge in [0.05, 0.1) is 5.41 Å².